The van der Waals surface area contributed by atoms with Gasteiger partial charge in [0.25, 0.3) is 0 Å². The molecule has 1 unspecified atom stereocenters. The van der Waals surface area contributed by atoms with Gasteiger partial charge in [0.05, 0.1) is 5.60 Å². The van der Waals surface area contributed by atoms with E-state index in [1.807, 2.05) is 11.8 Å². The van der Waals surface area contributed by atoms with Crippen LogP contribution in [0.3, 0.4) is 0 Å². The van der Waals surface area contributed by atoms with Crippen molar-refractivity contribution in [3.05, 3.63) is 0 Å². The number of thioether (sulfide) groups is 1. The first-order chi connectivity index (χ1) is 9.61. The van der Waals surface area contributed by atoms with Crippen molar-refractivity contribution >= 4 is 41.7 Å². The summed E-state index contributed by atoms with van der Waals surface area (Å²) in [6, 6.07) is 0. The van der Waals surface area contributed by atoms with Crippen LogP contribution in [0.1, 0.15) is 45.4 Å². The summed E-state index contributed by atoms with van der Waals surface area (Å²) in [5, 5.41) is 17.1. The number of hydrogen-bond acceptors (Lipinski definition) is 3. The summed E-state index contributed by atoms with van der Waals surface area (Å²) in [5.74, 6) is 2.72. The van der Waals surface area contributed by atoms with Gasteiger partial charge in [-0.1, -0.05) is 19.8 Å². The van der Waals surface area contributed by atoms with Crippen LogP contribution < -0.4 is 10.6 Å². The zero-order valence-electron chi connectivity index (χ0n) is 13.3. The predicted octanol–water partition coefficient (Wildman–Crippen LogP) is 2.61. The minimum absolute atomic E-state index is 0. The SMILES string of the molecule is CCC1(CNC(=NC)NCC2(O)CCSC2)CCCC1.I. The molecule has 0 aromatic heterocycles. The van der Waals surface area contributed by atoms with Gasteiger partial charge in [-0.05, 0) is 36.9 Å². The molecule has 1 aliphatic heterocycles. The number of nitrogens with one attached hydrogen (secondary N) is 2. The van der Waals surface area contributed by atoms with Gasteiger partial charge < -0.3 is 15.7 Å². The van der Waals surface area contributed by atoms with E-state index in [-0.39, 0.29) is 24.0 Å². The van der Waals surface area contributed by atoms with E-state index in [1.54, 1.807) is 7.05 Å². The fraction of sp³-hybridized carbons (Fsp3) is 0.933. The van der Waals surface area contributed by atoms with Crippen molar-refractivity contribution in [3.63, 3.8) is 0 Å². The molecule has 1 saturated heterocycles. The highest BCUT2D eigenvalue weighted by Gasteiger charge is 2.33. The topological polar surface area (TPSA) is 56.7 Å². The molecule has 4 nitrogen and oxygen atoms in total. The number of hydrogen-bond donors (Lipinski definition) is 3. The van der Waals surface area contributed by atoms with Crippen LogP contribution in [0.15, 0.2) is 4.99 Å². The lowest BCUT2D eigenvalue weighted by atomic mass is 9.83. The molecule has 6 heteroatoms. The van der Waals surface area contributed by atoms with Gasteiger partial charge in [-0.3, -0.25) is 4.99 Å². The Morgan fingerprint density at radius 1 is 1.19 bits per heavy atom. The Morgan fingerprint density at radius 3 is 2.38 bits per heavy atom. The second-order valence-electron chi connectivity index (χ2n) is 6.37. The minimum atomic E-state index is -0.557. The molecule has 21 heavy (non-hydrogen) atoms. The number of guanidine groups is 1. The highest BCUT2D eigenvalue weighted by atomic mass is 127. The number of halogens is 1. The lowest BCUT2D eigenvalue weighted by molar-refractivity contribution is 0.0724. The van der Waals surface area contributed by atoms with E-state index in [2.05, 4.69) is 22.5 Å². The second-order valence-corrected chi connectivity index (χ2v) is 7.47. The highest BCUT2D eigenvalue weighted by Crippen LogP contribution is 2.40. The molecule has 0 radical (unpaired) electrons. The van der Waals surface area contributed by atoms with E-state index < -0.39 is 5.60 Å². The third-order valence-electron chi connectivity index (χ3n) is 4.94. The smallest absolute Gasteiger partial charge is 0.191 e. The Morgan fingerprint density at radius 2 is 1.86 bits per heavy atom. The van der Waals surface area contributed by atoms with Crippen LogP contribution in [-0.4, -0.2) is 48.3 Å². The molecule has 0 spiro atoms. The van der Waals surface area contributed by atoms with Crippen molar-refractivity contribution in [2.45, 2.75) is 51.0 Å². The molecule has 2 fully saturated rings. The van der Waals surface area contributed by atoms with Crippen molar-refractivity contribution in [2.24, 2.45) is 10.4 Å². The zero-order chi connectivity index (χ0) is 14.5. The summed E-state index contributed by atoms with van der Waals surface area (Å²) in [6.07, 6.45) is 7.48. The van der Waals surface area contributed by atoms with Crippen LogP contribution in [0.25, 0.3) is 0 Å². The fourth-order valence-electron chi connectivity index (χ4n) is 3.26. The monoisotopic (exact) mass is 427 g/mol. The summed E-state index contributed by atoms with van der Waals surface area (Å²) < 4.78 is 0. The molecule has 3 N–H and O–H groups in total. The van der Waals surface area contributed by atoms with Gasteiger partial charge in [0.1, 0.15) is 0 Å². The molecule has 0 amide bonds. The van der Waals surface area contributed by atoms with Gasteiger partial charge >= 0.3 is 0 Å². The molecule has 0 bridgehead atoms. The van der Waals surface area contributed by atoms with E-state index >= 15 is 0 Å². The van der Waals surface area contributed by atoms with Crippen molar-refractivity contribution < 1.29 is 5.11 Å². The molecular formula is C15H30IN3OS. The van der Waals surface area contributed by atoms with Crippen LogP contribution in [0.5, 0.6) is 0 Å². The molecule has 124 valence electrons. The maximum Gasteiger partial charge on any atom is 0.191 e. The maximum absolute atomic E-state index is 10.3. The third-order valence-corrected chi connectivity index (χ3v) is 6.17. The first-order valence-electron chi connectivity index (χ1n) is 7.86. The summed E-state index contributed by atoms with van der Waals surface area (Å²) in [6.45, 7) is 3.89. The van der Waals surface area contributed by atoms with Crippen molar-refractivity contribution in [1.29, 1.82) is 0 Å². The zero-order valence-corrected chi connectivity index (χ0v) is 16.4. The quantitative estimate of drug-likeness (QED) is 0.359. The lowest BCUT2D eigenvalue weighted by Gasteiger charge is -2.29. The Balaban J connectivity index is 0.00000220. The van der Waals surface area contributed by atoms with E-state index in [0.717, 1.165) is 30.4 Å². The molecular weight excluding hydrogens is 397 g/mol. The molecule has 2 rings (SSSR count). The Kier molecular flexibility index (Phi) is 8.13. The second kappa shape index (κ2) is 8.82. The number of aliphatic imine (C=N–C) groups is 1. The van der Waals surface area contributed by atoms with E-state index in [0.29, 0.717) is 12.0 Å². The average molecular weight is 427 g/mol. The highest BCUT2D eigenvalue weighted by molar-refractivity contribution is 14.0. The molecule has 1 atom stereocenters. The lowest BCUT2D eigenvalue weighted by Crippen LogP contribution is -2.49. The van der Waals surface area contributed by atoms with Gasteiger partial charge in [-0.15, -0.1) is 24.0 Å². The largest absolute Gasteiger partial charge is 0.387 e. The summed E-state index contributed by atoms with van der Waals surface area (Å²) in [7, 11) is 1.80. The number of rotatable bonds is 5. The van der Waals surface area contributed by atoms with E-state index in [1.165, 1.54) is 32.1 Å². The van der Waals surface area contributed by atoms with Crippen LogP contribution >= 0.6 is 35.7 Å². The normalized spacial score (nSPS) is 28.2. The Labute approximate surface area is 150 Å². The average Bonchev–Trinajstić information content (AvgIpc) is 3.09. The summed E-state index contributed by atoms with van der Waals surface area (Å²) in [5.41, 5.74) is -0.101. The third kappa shape index (κ3) is 5.46. The standard InChI is InChI=1S/C15H29N3OS.HI/c1-3-14(6-4-5-7-14)10-17-13(16-2)18-11-15(19)8-9-20-12-15;/h19H,3-12H2,1-2H3,(H2,16,17,18);1H. The number of nitrogens with zero attached hydrogens (tertiary/aromatic N) is 1. The van der Waals surface area contributed by atoms with Crippen molar-refractivity contribution in [1.82, 2.24) is 10.6 Å². The van der Waals surface area contributed by atoms with Crippen LogP contribution in [0.4, 0.5) is 0 Å². The molecule has 0 aromatic carbocycles. The van der Waals surface area contributed by atoms with Gasteiger partial charge in [-0.25, -0.2) is 0 Å². The Bertz CT molecular complexity index is 340. The van der Waals surface area contributed by atoms with Crippen molar-refractivity contribution in [3.8, 4) is 0 Å². The van der Waals surface area contributed by atoms with Gasteiger partial charge in [-0.2, -0.15) is 11.8 Å². The minimum Gasteiger partial charge on any atom is -0.387 e. The maximum atomic E-state index is 10.3. The number of aliphatic hydroxyl groups is 1. The first kappa shape index (κ1) is 19.4. The molecule has 1 heterocycles. The molecule has 1 saturated carbocycles. The van der Waals surface area contributed by atoms with Crippen LogP contribution in [0.2, 0.25) is 0 Å². The van der Waals surface area contributed by atoms with Crippen molar-refractivity contribution in [2.75, 3.05) is 31.6 Å². The van der Waals surface area contributed by atoms with Crippen LogP contribution in [0, 0.1) is 5.41 Å². The summed E-state index contributed by atoms with van der Waals surface area (Å²) >= 11 is 1.83. The van der Waals surface area contributed by atoms with E-state index in [9.17, 15) is 5.11 Å². The first-order valence-corrected chi connectivity index (χ1v) is 9.02. The summed E-state index contributed by atoms with van der Waals surface area (Å²) in [4.78, 5) is 4.28. The Hall–Kier alpha value is 0.310. The molecule has 1 aliphatic carbocycles. The van der Waals surface area contributed by atoms with Crippen LogP contribution in [-0.2, 0) is 0 Å². The predicted molar refractivity (Wildman–Crippen MR) is 103 cm³/mol. The molecule has 2 aliphatic rings. The van der Waals surface area contributed by atoms with Gasteiger partial charge in [0.2, 0.25) is 0 Å². The fourth-order valence-corrected chi connectivity index (χ4v) is 4.55. The van der Waals surface area contributed by atoms with Gasteiger partial charge in [0, 0.05) is 25.9 Å². The van der Waals surface area contributed by atoms with Gasteiger partial charge in [0.15, 0.2) is 5.96 Å². The van der Waals surface area contributed by atoms with E-state index in [4.69, 9.17) is 0 Å². The molecule has 0 aromatic rings.